The summed E-state index contributed by atoms with van der Waals surface area (Å²) < 4.78 is 48.3. The van der Waals surface area contributed by atoms with Crippen molar-refractivity contribution < 1.29 is 16.8 Å². The standard InChI is InChI=1S/C15H32N4O4S2/c1-6-16-14(17-9-8-10-18(5)25(22,23)7-2)19-11-12-24(20,21)15(3,4)13-19/h6-13H2,1-5H3,(H,16,17). The van der Waals surface area contributed by atoms with Crippen LogP contribution in [0, 0.1) is 0 Å². The minimum Gasteiger partial charge on any atom is -0.357 e. The van der Waals surface area contributed by atoms with Gasteiger partial charge in [-0.1, -0.05) is 0 Å². The Kier molecular flexibility index (Phi) is 7.70. The lowest BCUT2D eigenvalue weighted by molar-refractivity contribution is 0.353. The van der Waals surface area contributed by atoms with Crippen LogP contribution < -0.4 is 5.32 Å². The molecular formula is C15H32N4O4S2. The van der Waals surface area contributed by atoms with Crippen LogP contribution in [0.3, 0.4) is 0 Å². The molecule has 0 unspecified atom stereocenters. The highest BCUT2D eigenvalue weighted by molar-refractivity contribution is 7.92. The minimum absolute atomic E-state index is 0.0900. The molecular weight excluding hydrogens is 364 g/mol. The monoisotopic (exact) mass is 396 g/mol. The van der Waals surface area contributed by atoms with Gasteiger partial charge in [0.25, 0.3) is 0 Å². The van der Waals surface area contributed by atoms with Gasteiger partial charge >= 0.3 is 0 Å². The number of sulfone groups is 1. The average Bonchev–Trinajstić information content (AvgIpc) is 2.52. The molecule has 0 amide bonds. The molecule has 1 heterocycles. The summed E-state index contributed by atoms with van der Waals surface area (Å²) in [5.41, 5.74) is 0. The van der Waals surface area contributed by atoms with E-state index in [4.69, 9.17) is 0 Å². The number of nitrogens with one attached hydrogen (secondary N) is 1. The van der Waals surface area contributed by atoms with E-state index in [9.17, 15) is 16.8 Å². The van der Waals surface area contributed by atoms with Crippen LogP contribution in [-0.4, -0.2) is 88.0 Å². The first-order valence-corrected chi connectivity index (χ1v) is 11.9. The lowest BCUT2D eigenvalue weighted by atomic mass is 10.2. The van der Waals surface area contributed by atoms with E-state index in [2.05, 4.69) is 10.3 Å². The predicted octanol–water partition coefficient (Wildman–Crippen LogP) is 0.133. The van der Waals surface area contributed by atoms with Crippen LogP contribution in [0.2, 0.25) is 0 Å². The highest BCUT2D eigenvalue weighted by atomic mass is 32.2. The fourth-order valence-corrected chi connectivity index (χ4v) is 4.80. The molecule has 0 aromatic heterocycles. The Hall–Kier alpha value is -0.870. The maximum Gasteiger partial charge on any atom is 0.213 e. The first-order chi connectivity index (χ1) is 11.5. The third-order valence-corrected chi connectivity index (χ3v) is 8.81. The fourth-order valence-electron chi connectivity index (χ4n) is 2.59. The smallest absolute Gasteiger partial charge is 0.213 e. The second-order valence-electron chi connectivity index (χ2n) is 6.81. The molecule has 0 bridgehead atoms. The summed E-state index contributed by atoms with van der Waals surface area (Å²) in [5.74, 6) is 0.890. The van der Waals surface area contributed by atoms with E-state index in [-0.39, 0.29) is 11.5 Å². The molecule has 0 aromatic rings. The van der Waals surface area contributed by atoms with Gasteiger partial charge in [-0.25, -0.2) is 21.1 Å². The van der Waals surface area contributed by atoms with E-state index in [0.29, 0.717) is 45.1 Å². The molecule has 0 radical (unpaired) electrons. The van der Waals surface area contributed by atoms with Gasteiger partial charge in [0.2, 0.25) is 10.0 Å². The normalized spacial score (nSPS) is 20.7. The zero-order valence-electron chi connectivity index (χ0n) is 15.9. The predicted molar refractivity (Wildman–Crippen MR) is 102 cm³/mol. The summed E-state index contributed by atoms with van der Waals surface area (Å²) in [7, 11) is -4.69. The van der Waals surface area contributed by atoms with Crippen molar-refractivity contribution in [2.24, 2.45) is 4.99 Å². The summed E-state index contributed by atoms with van der Waals surface area (Å²) >= 11 is 0. The molecule has 8 nitrogen and oxygen atoms in total. The maximum atomic E-state index is 12.1. The Labute approximate surface area is 152 Å². The van der Waals surface area contributed by atoms with Gasteiger partial charge in [0.15, 0.2) is 15.8 Å². The van der Waals surface area contributed by atoms with Crippen molar-refractivity contribution in [3.63, 3.8) is 0 Å². The van der Waals surface area contributed by atoms with Crippen LogP contribution in [0.4, 0.5) is 0 Å². The first-order valence-electron chi connectivity index (χ1n) is 8.66. The Bertz CT molecular complexity index is 672. The second kappa shape index (κ2) is 8.68. The Morgan fingerprint density at radius 3 is 2.48 bits per heavy atom. The highest BCUT2D eigenvalue weighted by Gasteiger charge is 2.40. The molecule has 1 rings (SSSR count). The number of nitrogens with zero attached hydrogens (tertiary/aromatic N) is 3. The minimum atomic E-state index is -3.17. The zero-order valence-corrected chi connectivity index (χ0v) is 17.6. The van der Waals surface area contributed by atoms with E-state index < -0.39 is 24.6 Å². The van der Waals surface area contributed by atoms with Crippen LogP contribution in [-0.2, 0) is 19.9 Å². The van der Waals surface area contributed by atoms with E-state index >= 15 is 0 Å². The Morgan fingerprint density at radius 1 is 1.32 bits per heavy atom. The van der Waals surface area contributed by atoms with Crippen molar-refractivity contribution in [2.75, 3.05) is 51.3 Å². The van der Waals surface area contributed by atoms with Crippen molar-refractivity contribution >= 4 is 25.8 Å². The van der Waals surface area contributed by atoms with E-state index in [0.717, 1.165) is 0 Å². The third kappa shape index (κ3) is 5.82. The third-order valence-electron chi connectivity index (χ3n) is 4.41. The summed E-state index contributed by atoms with van der Waals surface area (Å²) in [6, 6.07) is 0. The number of guanidine groups is 1. The summed E-state index contributed by atoms with van der Waals surface area (Å²) in [6.07, 6.45) is 0.611. The number of hydrogen-bond acceptors (Lipinski definition) is 5. The van der Waals surface area contributed by atoms with Gasteiger partial charge in [-0.05, 0) is 34.1 Å². The van der Waals surface area contributed by atoms with Gasteiger partial charge in [-0.2, -0.15) is 0 Å². The molecule has 1 N–H and O–H groups in total. The fraction of sp³-hybridized carbons (Fsp3) is 0.933. The van der Waals surface area contributed by atoms with Gasteiger partial charge in [0, 0.05) is 39.8 Å². The van der Waals surface area contributed by atoms with Crippen molar-refractivity contribution in [2.45, 2.75) is 38.9 Å². The molecule has 25 heavy (non-hydrogen) atoms. The van der Waals surface area contributed by atoms with Crippen LogP contribution in [0.15, 0.2) is 4.99 Å². The molecule has 0 aromatic carbocycles. The van der Waals surface area contributed by atoms with Gasteiger partial charge < -0.3 is 10.2 Å². The molecule has 1 aliphatic rings. The van der Waals surface area contributed by atoms with Crippen LogP contribution in [0.5, 0.6) is 0 Å². The molecule has 148 valence electrons. The first kappa shape index (κ1) is 22.2. The van der Waals surface area contributed by atoms with Crippen molar-refractivity contribution in [1.29, 1.82) is 0 Å². The average molecular weight is 397 g/mol. The highest BCUT2D eigenvalue weighted by Crippen LogP contribution is 2.23. The molecule has 1 aliphatic heterocycles. The summed E-state index contributed by atoms with van der Waals surface area (Å²) in [4.78, 5) is 6.51. The number of aliphatic imine (C=N–C) groups is 1. The van der Waals surface area contributed by atoms with Gasteiger partial charge in [0.1, 0.15) is 0 Å². The summed E-state index contributed by atoms with van der Waals surface area (Å²) in [5, 5.41) is 3.20. The topological polar surface area (TPSA) is 99.2 Å². The van der Waals surface area contributed by atoms with Crippen molar-refractivity contribution in [1.82, 2.24) is 14.5 Å². The Morgan fingerprint density at radius 2 is 1.96 bits per heavy atom. The van der Waals surface area contributed by atoms with E-state index in [1.54, 1.807) is 27.8 Å². The SMILES string of the molecule is CCNC(=NCCCN(C)S(=O)(=O)CC)N1CCS(=O)(=O)C(C)(C)C1. The Balaban J connectivity index is 2.69. The molecule has 0 spiro atoms. The van der Waals surface area contributed by atoms with Gasteiger partial charge in [-0.15, -0.1) is 0 Å². The molecule has 0 aliphatic carbocycles. The van der Waals surface area contributed by atoms with Gasteiger partial charge in [-0.3, -0.25) is 4.99 Å². The van der Waals surface area contributed by atoms with Crippen molar-refractivity contribution in [3.05, 3.63) is 0 Å². The van der Waals surface area contributed by atoms with Crippen molar-refractivity contribution in [3.8, 4) is 0 Å². The number of hydrogen-bond donors (Lipinski definition) is 1. The number of sulfonamides is 1. The van der Waals surface area contributed by atoms with Crippen LogP contribution >= 0.6 is 0 Å². The molecule has 1 fully saturated rings. The quantitative estimate of drug-likeness (QED) is 0.373. The van der Waals surface area contributed by atoms with Crippen LogP contribution in [0.1, 0.15) is 34.1 Å². The lowest BCUT2D eigenvalue weighted by Gasteiger charge is -2.39. The molecule has 0 atom stereocenters. The summed E-state index contributed by atoms with van der Waals surface area (Å²) in [6.45, 7) is 9.46. The molecule has 0 saturated carbocycles. The molecule has 1 saturated heterocycles. The molecule has 10 heteroatoms. The van der Waals surface area contributed by atoms with Gasteiger partial charge in [0.05, 0.1) is 16.3 Å². The second-order valence-corrected chi connectivity index (χ2v) is 11.9. The lowest BCUT2D eigenvalue weighted by Crippen LogP contribution is -2.57. The largest absolute Gasteiger partial charge is 0.357 e. The van der Waals surface area contributed by atoms with Crippen LogP contribution in [0.25, 0.3) is 0 Å². The van der Waals surface area contributed by atoms with E-state index in [1.165, 1.54) is 4.31 Å². The zero-order chi connectivity index (χ0) is 19.3. The maximum absolute atomic E-state index is 12.1. The van der Waals surface area contributed by atoms with E-state index in [1.807, 2.05) is 11.8 Å². The number of rotatable bonds is 7.